The van der Waals surface area contributed by atoms with Crippen LogP contribution in [0.3, 0.4) is 0 Å². The van der Waals surface area contributed by atoms with Crippen molar-refractivity contribution in [2.75, 3.05) is 25.5 Å². The molecule has 2 N–H and O–H groups in total. The van der Waals surface area contributed by atoms with Gasteiger partial charge in [-0.2, -0.15) is 13.2 Å². The number of benzene rings is 1. The SMILES string of the molecule is COc1cc(C(F)(F)F)ccc1-c1nnc(NC2CCCN(C(=O)O)C2)c(=O)n1C. The fraction of sp³-hybridized carbons (Fsp3) is 0.444. The van der Waals surface area contributed by atoms with Gasteiger partial charge < -0.3 is 20.1 Å². The van der Waals surface area contributed by atoms with E-state index in [-0.39, 0.29) is 35.5 Å². The van der Waals surface area contributed by atoms with Crippen molar-refractivity contribution < 1.29 is 27.8 Å². The van der Waals surface area contributed by atoms with Crippen molar-refractivity contribution in [3.8, 4) is 17.1 Å². The number of ether oxygens (including phenoxy) is 1. The first-order chi connectivity index (χ1) is 14.1. The van der Waals surface area contributed by atoms with Gasteiger partial charge in [-0.15, -0.1) is 10.2 Å². The molecule has 3 rings (SSSR count). The van der Waals surface area contributed by atoms with Gasteiger partial charge in [-0.05, 0) is 31.0 Å². The number of hydrogen-bond acceptors (Lipinski definition) is 6. The van der Waals surface area contributed by atoms with Crippen LogP contribution in [0.5, 0.6) is 5.75 Å². The number of halogens is 3. The molecule has 12 heteroatoms. The van der Waals surface area contributed by atoms with Crippen LogP contribution in [0.4, 0.5) is 23.8 Å². The molecule has 0 saturated carbocycles. The van der Waals surface area contributed by atoms with E-state index in [2.05, 4.69) is 15.5 Å². The van der Waals surface area contributed by atoms with Gasteiger partial charge in [-0.3, -0.25) is 9.36 Å². The molecule has 2 aromatic rings. The summed E-state index contributed by atoms with van der Waals surface area (Å²) in [5.74, 6) is -0.129. The number of aromatic nitrogens is 3. The fourth-order valence-electron chi connectivity index (χ4n) is 3.30. The number of carboxylic acid groups (broad SMARTS) is 1. The Labute approximate surface area is 169 Å². The lowest BCUT2D eigenvalue weighted by atomic mass is 10.1. The predicted octanol–water partition coefficient (Wildman–Crippen LogP) is 2.42. The standard InChI is InChI=1S/C18H20F3N5O4/c1-25-15(12-6-5-10(18(19,20)21)8-13(12)30-2)24-23-14(16(25)27)22-11-4-3-7-26(9-11)17(28)29/h5-6,8,11H,3-4,7,9H2,1-2H3,(H,22,23)(H,28,29). The number of alkyl halides is 3. The molecule has 1 aromatic carbocycles. The molecule has 1 fully saturated rings. The second-order valence-corrected chi connectivity index (χ2v) is 6.86. The minimum absolute atomic E-state index is 0.0342. The maximum absolute atomic E-state index is 12.9. The van der Waals surface area contributed by atoms with Gasteiger partial charge >= 0.3 is 12.3 Å². The van der Waals surface area contributed by atoms with Crippen molar-refractivity contribution in [3.63, 3.8) is 0 Å². The summed E-state index contributed by atoms with van der Waals surface area (Å²) >= 11 is 0. The second kappa shape index (κ2) is 8.20. The van der Waals surface area contributed by atoms with Gasteiger partial charge in [0.05, 0.1) is 18.2 Å². The summed E-state index contributed by atoms with van der Waals surface area (Å²) in [6.45, 7) is 0.624. The summed E-state index contributed by atoms with van der Waals surface area (Å²) in [5, 5.41) is 19.9. The molecule has 1 atom stereocenters. The quantitative estimate of drug-likeness (QED) is 0.771. The smallest absolute Gasteiger partial charge is 0.416 e. The molecule has 1 saturated heterocycles. The van der Waals surface area contributed by atoms with Crippen molar-refractivity contribution in [1.82, 2.24) is 19.7 Å². The lowest BCUT2D eigenvalue weighted by Crippen LogP contribution is -2.45. The van der Waals surface area contributed by atoms with E-state index >= 15 is 0 Å². The Balaban J connectivity index is 1.90. The first-order valence-electron chi connectivity index (χ1n) is 9.05. The Morgan fingerprint density at radius 1 is 1.33 bits per heavy atom. The number of nitrogens with zero attached hydrogens (tertiary/aromatic N) is 4. The molecule has 0 spiro atoms. The fourth-order valence-corrected chi connectivity index (χ4v) is 3.30. The van der Waals surface area contributed by atoms with Crippen molar-refractivity contribution in [2.45, 2.75) is 25.1 Å². The molecule has 1 aliphatic heterocycles. The third-order valence-electron chi connectivity index (χ3n) is 4.87. The van der Waals surface area contributed by atoms with Gasteiger partial charge in [0.25, 0.3) is 5.56 Å². The first kappa shape index (κ1) is 21.4. The Hall–Kier alpha value is -3.31. The number of carbonyl (C=O) groups is 1. The largest absolute Gasteiger partial charge is 0.496 e. The third-order valence-corrected chi connectivity index (χ3v) is 4.87. The second-order valence-electron chi connectivity index (χ2n) is 6.86. The van der Waals surface area contributed by atoms with Crippen LogP contribution in [0.2, 0.25) is 0 Å². The zero-order valence-corrected chi connectivity index (χ0v) is 16.2. The lowest BCUT2D eigenvalue weighted by Gasteiger charge is -2.31. The Kier molecular flexibility index (Phi) is 5.85. The molecule has 0 aliphatic carbocycles. The maximum Gasteiger partial charge on any atom is 0.416 e. The summed E-state index contributed by atoms with van der Waals surface area (Å²) in [5.41, 5.74) is -1.26. The lowest BCUT2D eigenvalue weighted by molar-refractivity contribution is -0.137. The monoisotopic (exact) mass is 427 g/mol. The molecular weight excluding hydrogens is 407 g/mol. The summed E-state index contributed by atoms with van der Waals surface area (Å²) < 4.78 is 45.1. The minimum atomic E-state index is -4.54. The van der Waals surface area contributed by atoms with E-state index in [1.54, 1.807) is 0 Å². The number of amides is 1. The highest BCUT2D eigenvalue weighted by Crippen LogP contribution is 2.36. The number of nitrogens with one attached hydrogen (secondary N) is 1. The van der Waals surface area contributed by atoms with E-state index < -0.39 is 23.4 Å². The Bertz CT molecular complexity index is 1010. The molecule has 2 heterocycles. The zero-order valence-electron chi connectivity index (χ0n) is 16.2. The molecule has 0 bridgehead atoms. The molecular formula is C18H20F3N5O4. The van der Waals surface area contributed by atoms with Crippen LogP contribution in [0.15, 0.2) is 23.0 Å². The van der Waals surface area contributed by atoms with Crippen LogP contribution in [0, 0.1) is 0 Å². The van der Waals surface area contributed by atoms with Crippen LogP contribution in [-0.2, 0) is 13.2 Å². The highest BCUT2D eigenvalue weighted by Gasteiger charge is 2.32. The summed E-state index contributed by atoms with van der Waals surface area (Å²) in [4.78, 5) is 25.1. The highest BCUT2D eigenvalue weighted by molar-refractivity contribution is 5.66. The summed E-state index contributed by atoms with van der Waals surface area (Å²) in [6.07, 6.45) is -4.28. The number of piperidine rings is 1. The minimum Gasteiger partial charge on any atom is -0.496 e. The van der Waals surface area contributed by atoms with Gasteiger partial charge in [0.15, 0.2) is 5.82 Å². The Morgan fingerprint density at radius 2 is 2.07 bits per heavy atom. The number of methoxy groups -OCH3 is 1. The molecule has 1 unspecified atom stereocenters. The number of anilines is 1. The van der Waals surface area contributed by atoms with Gasteiger partial charge in [0.1, 0.15) is 5.75 Å². The number of hydrogen-bond donors (Lipinski definition) is 2. The van der Waals surface area contributed by atoms with Gasteiger partial charge in [0, 0.05) is 26.2 Å². The Morgan fingerprint density at radius 3 is 2.70 bits per heavy atom. The van der Waals surface area contributed by atoms with Crippen LogP contribution in [0.25, 0.3) is 11.4 Å². The molecule has 9 nitrogen and oxygen atoms in total. The van der Waals surface area contributed by atoms with Gasteiger partial charge in [-0.1, -0.05) is 0 Å². The number of likely N-dealkylation sites (tertiary alicyclic amines) is 1. The van der Waals surface area contributed by atoms with E-state index in [9.17, 15) is 22.8 Å². The van der Waals surface area contributed by atoms with Crippen LogP contribution < -0.4 is 15.6 Å². The number of rotatable bonds is 4. The summed E-state index contributed by atoms with van der Waals surface area (Å²) in [6, 6.07) is 2.57. The van der Waals surface area contributed by atoms with Crippen molar-refractivity contribution in [3.05, 3.63) is 34.1 Å². The van der Waals surface area contributed by atoms with Crippen LogP contribution >= 0.6 is 0 Å². The molecule has 162 valence electrons. The highest BCUT2D eigenvalue weighted by atomic mass is 19.4. The van der Waals surface area contributed by atoms with E-state index in [1.165, 1.54) is 25.1 Å². The zero-order chi connectivity index (χ0) is 22.1. The molecule has 30 heavy (non-hydrogen) atoms. The van der Waals surface area contributed by atoms with E-state index in [0.29, 0.717) is 19.4 Å². The van der Waals surface area contributed by atoms with Crippen molar-refractivity contribution in [1.29, 1.82) is 0 Å². The first-order valence-corrected chi connectivity index (χ1v) is 9.05. The molecule has 1 aromatic heterocycles. The average Bonchev–Trinajstić information content (AvgIpc) is 2.71. The molecule has 1 aliphatic rings. The van der Waals surface area contributed by atoms with E-state index in [0.717, 1.165) is 16.7 Å². The van der Waals surface area contributed by atoms with E-state index in [4.69, 9.17) is 9.84 Å². The molecule has 1 amide bonds. The van der Waals surface area contributed by atoms with Crippen molar-refractivity contribution >= 4 is 11.9 Å². The van der Waals surface area contributed by atoms with Gasteiger partial charge in [-0.25, -0.2) is 4.79 Å². The van der Waals surface area contributed by atoms with Gasteiger partial charge in [0.2, 0.25) is 5.82 Å². The normalized spacial score (nSPS) is 17.0. The van der Waals surface area contributed by atoms with E-state index in [1.807, 2.05) is 0 Å². The summed E-state index contributed by atoms with van der Waals surface area (Å²) in [7, 11) is 2.64. The van der Waals surface area contributed by atoms with Crippen LogP contribution in [0.1, 0.15) is 18.4 Å². The van der Waals surface area contributed by atoms with Crippen LogP contribution in [-0.4, -0.2) is 57.1 Å². The maximum atomic E-state index is 12.9. The topological polar surface area (TPSA) is 110 Å². The molecule has 0 radical (unpaired) electrons. The average molecular weight is 427 g/mol. The third kappa shape index (κ3) is 4.31. The predicted molar refractivity (Wildman–Crippen MR) is 101 cm³/mol. The van der Waals surface area contributed by atoms with Crippen molar-refractivity contribution in [2.24, 2.45) is 7.05 Å².